The zero-order chi connectivity index (χ0) is 24.9. The van der Waals surface area contributed by atoms with Crippen LogP contribution < -0.4 is 10.9 Å². The van der Waals surface area contributed by atoms with Gasteiger partial charge in [-0.05, 0) is 63.6 Å². The van der Waals surface area contributed by atoms with Crippen molar-refractivity contribution in [2.45, 2.75) is 71.8 Å². The molecule has 1 aromatic heterocycles. The normalized spacial score (nSPS) is 12.5. The third-order valence-corrected chi connectivity index (χ3v) is 5.51. The molecule has 1 unspecified atom stereocenters. The number of aliphatic hydroxyl groups is 1. The number of aryl methyl sites for hydroxylation is 1. The van der Waals surface area contributed by atoms with E-state index in [2.05, 4.69) is 12.2 Å². The number of esters is 1. The predicted octanol–water partition coefficient (Wildman–Crippen LogP) is 5.35. The second-order valence-corrected chi connectivity index (χ2v) is 9.42. The third-order valence-electron chi connectivity index (χ3n) is 5.51. The number of aliphatic hydroxyl groups excluding tert-OH is 1. The maximum absolute atomic E-state index is 13.3. The van der Waals surface area contributed by atoms with Gasteiger partial charge in [0.2, 0.25) is 0 Å². The predicted molar refractivity (Wildman–Crippen MR) is 134 cm³/mol. The topological polar surface area (TPSA) is 101 Å². The van der Waals surface area contributed by atoms with E-state index < -0.39 is 23.4 Å². The van der Waals surface area contributed by atoms with Crippen LogP contribution in [0, 0.1) is 0 Å². The second kappa shape index (κ2) is 10.7. The van der Waals surface area contributed by atoms with Crippen molar-refractivity contribution in [3.05, 3.63) is 70.0 Å². The average molecular weight is 467 g/mol. The number of hydrogen-bond donors (Lipinski definition) is 3. The van der Waals surface area contributed by atoms with Gasteiger partial charge in [0.25, 0.3) is 5.56 Å². The number of fused-ring (bicyclic) bond motifs is 1. The summed E-state index contributed by atoms with van der Waals surface area (Å²) in [5.74, 6) is -0.687. The van der Waals surface area contributed by atoms with Gasteiger partial charge >= 0.3 is 5.97 Å². The minimum Gasteiger partial charge on any atom is -0.507 e. The number of unbranched alkanes of at least 4 members (excludes halogenated alkanes) is 3. The van der Waals surface area contributed by atoms with Crippen molar-refractivity contribution in [2.75, 3.05) is 5.32 Å². The Balaban J connectivity index is 1.88. The summed E-state index contributed by atoms with van der Waals surface area (Å²) >= 11 is 0. The molecule has 3 rings (SSSR count). The van der Waals surface area contributed by atoms with E-state index in [0.29, 0.717) is 28.7 Å². The number of aromatic hydroxyl groups is 1. The lowest BCUT2D eigenvalue weighted by molar-refractivity contribution is 0.00695. The number of hydrogen-bond acceptors (Lipinski definition) is 6. The highest BCUT2D eigenvalue weighted by Crippen LogP contribution is 2.31. The summed E-state index contributed by atoms with van der Waals surface area (Å²) in [6, 6.07) is 13.5. The first-order valence-electron chi connectivity index (χ1n) is 11.7. The molecule has 0 aliphatic carbocycles. The van der Waals surface area contributed by atoms with Gasteiger partial charge < -0.3 is 24.8 Å². The molecule has 0 bridgehead atoms. The minimum atomic E-state index is -1.44. The summed E-state index contributed by atoms with van der Waals surface area (Å²) in [6.07, 6.45) is 2.56. The van der Waals surface area contributed by atoms with E-state index in [1.165, 1.54) is 0 Å². The van der Waals surface area contributed by atoms with E-state index in [-0.39, 0.29) is 11.3 Å². The molecule has 182 valence electrons. The van der Waals surface area contributed by atoms with Crippen LogP contribution in [-0.2, 0) is 11.3 Å². The Labute approximate surface area is 200 Å². The van der Waals surface area contributed by atoms with Crippen molar-refractivity contribution in [1.82, 2.24) is 4.57 Å². The van der Waals surface area contributed by atoms with Crippen molar-refractivity contribution in [3.8, 4) is 5.75 Å². The molecule has 7 heteroatoms. The number of benzene rings is 2. The Bertz CT molecular complexity index is 1190. The maximum Gasteiger partial charge on any atom is 0.338 e. The SMILES string of the molecule is CCCCCCn1c(=O)c(C(O)Nc2ccc(C(=O)OC(C)(C)C)cc2)c(O)c2ccccc21. The fraction of sp³-hybridized carbons (Fsp3) is 0.407. The number of nitrogens with zero attached hydrogens (tertiary/aromatic N) is 1. The van der Waals surface area contributed by atoms with Crippen LogP contribution >= 0.6 is 0 Å². The first-order chi connectivity index (χ1) is 16.1. The molecule has 3 N–H and O–H groups in total. The van der Waals surface area contributed by atoms with Crippen LogP contribution in [0.2, 0.25) is 0 Å². The van der Waals surface area contributed by atoms with Gasteiger partial charge in [0, 0.05) is 17.6 Å². The number of nitrogens with one attached hydrogen (secondary N) is 1. The van der Waals surface area contributed by atoms with Gasteiger partial charge in [0.1, 0.15) is 16.9 Å². The van der Waals surface area contributed by atoms with Crippen LogP contribution in [0.3, 0.4) is 0 Å². The lowest BCUT2D eigenvalue weighted by atomic mass is 10.1. The average Bonchev–Trinajstić information content (AvgIpc) is 2.78. The molecule has 1 atom stereocenters. The summed E-state index contributed by atoms with van der Waals surface area (Å²) in [5, 5.41) is 25.1. The Morgan fingerprint density at radius 2 is 1.74 bits per heavy atom. The smallest absolute Gasteiger partial charge is 0.338 e. The highest BCUT2D eigenvalue weighted by molar-refractivity contribution is 5.90. The van der Waals surface area contributed by atoms with Crippen LogP contribution in [-0.4, -0.2) is 26.4 Å². The van der Waals surface area contributed by atoms with Gasteiger partial charge in [-0.15, -0.1) is 0 Å². The minimum absolute atomic E-state index is 0.106. The van der Waals surface area contributed by atoms with Gasteiger partial charge in [-0.2, -0.15) is 0 Å². The Kier molecular flexibility index (Phi) is 7.99. The highest BCUT2D eigenvalue weighted by atomic mass is 16.6. The number of anilines is 1. The molecule has 1 heterocycles. The largest absolute Gasteiger partial charge is 0.507 e. The van der Waals surface area contributed by atoms with Gasteiger partial charge in [0.15, 0.2) is 6.23 Å². The number of aromatic nitrogens is 1. The van der Waals surface area contributed by atoms with Crippen molar-refractivity contribution in [1.29, 1.82) is 0 Å². The van der Waals surface area contributed by atoms with Crippen LogP contribution in [0.1, 0.15) is 75.5 Å². The van der Waals surface area contributed by atoms with E-state index in [9.17, 15) is 19.8 Å². The molecular weight excluding hydrogens is 432 g/mol. The highest BCUT2D eigenvalue weighted by Gasteiger charge is 2.23. The number of pyridine rings is 1. The van der Waals surface area contributed by atoms with Gasteiger partial charge in [-0.3, -0.25) is 4.79 Å². The van der Waals surface area contributed by atoms with E-state index >= 15 is 0 Å². The molecule has 0 saturated carbocycles. The summed E-state index contributed by atoms with van der Waals surface area (Å²) in [5.41, 5.74) is 0.357. The molecule has 2 aromatic carbocycles. The number of carbonyl (C=O) groups excluding carboxylic acids is 1. The first kappa shape index (κ1) is 25.3. The lowest BCUT2D eigenvalue weighted by Gasteiger charge is -2.20. The lowest BCUT2D eigenvalue weighted by Crippen LogP contribution is -2.28. The van der Waals surface area contributed by atoms with Gasteiger partial charge in [-0.25, -0.2) is 4.79 Å². The van der Waals surface area contributed by atoms with Crippen molar-refractivity contribution < 1.29 is 19.7 Å². The molecule has 0 amide bonds. The second-order valence-electron chi connectivity index (χ2n) is 9.42. The zero-order valence-corrected chi connectivity index (χ0v) is 20.3. The van der Waals surface area contributed by atoms with E-state index in [4.69, 9.17) is 4.74 Å². The van der Waals surface area contributed by atoms with Crippen LogP contribution in [0.5, 0.6) is 5.75 Å². The van der Waals surface area contributed by atoms with Crippen LogP contribution in [0.4, 0.5) is 5.69 Å². The van der Waals surface area contributed by atoms with Gasteiger partial charge in [-0.1, -0.05) is 38.3 Å². The number of rotatable bonds is 9. The third kappa shape index (κ3) is 5.97. The number of carbonyl (C=O) groups is 1. The van der Waals surface area contributed by atoms with Crippen molar-refractivity contribution in [2.24, 2.45) is 0 Å². The molecule has 34 heavy (non-hydrogen) atoms. The Morgan fingerprint density at radius 1 is 1.06 bits per heavy atom. The summed E-state index contributed by atoms with van der Waals surface area (Å²) < 4.78 is 6.98. The first-order valence-corrected chi connectivity index (χ1v) is 11.7. The molecule has 0 aliphatic rings. The van der Waals surface area contributed by atoms with Crippen LogP contribution in [0.15, 0.2) is 53.3 Å². The molecule has 3 aromatic rings. The molecule has 0 fully saturated rings. The fourth-order valence-corrected chi connectivity index (χ4v) is 3.85. The van der Waals surface area contributed by atoms with Crippen molar-refractivity contribution in [3.63, 3.8) is 0 Å². The number of ether oxygens (including phenoxy) is 1. The summed E-state index contributed by atoms with van der Waals surface area (Å²) in [4.78, 5) is 25.5. The number of para-hydroxylation sites is 1. The standard InChI is InChI=1S/C27H34N2O5/c1-5-6-7-10-17-29-21-12-9-8-11-20(21)23(30)22(25(29)32)24(31)28-19-15-13-18(14-16-19)26(33)34-27(2,3)4/h8-9,11-16,24,28,30-31H,5-7,10,17H2,1-4H3. The molecule has 0 radical (unpaired) electrons. The zero-order valence-electron chi connectivity index (χ0n) is 20.3. The van der Waals surface area contributed by atoms with E-state index in [1.54, 1.807) is 67.8 Å². The molecule has 0 spiro atoms. The van der Waals surface area contributed by atoms with E-state index in [0.717, 1.165) is 25.7 Å². The molecular formula is C27H34N2O5. The monoisotopic (exact) mass is 466 g/mol. The van der Waals surface area contributed by atoms with Gasteiger partial charge in [0.05, 0.1) is 11.1 Å². The summed E-state index contributed by atoms with van der Waals surface area (Å²) in [7, 11) is 0. The Hall–Kier alpha value is -3.32. The van der Waals surface area contributed by atoms with Crippen LogP contribution in [0.25, 0.3) is 10.9 Å². The molecule has 0 saturated heterocycles. The molecule has 0 aliphatic heterocycles. The fourth-order valence-electron chi connectivity index (χ4n) is 3.85. The Morgan fingerprint density at radius 3 is 2.38 bits per heavy atom. The summed E-state index contributed by atoms with van der Waals surface area (Å²) in [6.45, 7) is 8.02. The molecule has 7 nitrogen and oxygen atoms in total. The van der Waals surface area contributed by atoms with Crippen molar-refractivity contribution >= 4 is 22.6 Å². The quantitative estimate of drug-likeness (QED) is 0.223. The van der Waals surface area contributed by atoms with E-state index in [1.807, 2.05) is 6.07 Å². The maximum atomic E-state index is 13.3.